The van der Waals surface area contributed by atoms with Gasteiger partial charge in [0.25, 0.3) is 10.0 Å². The molecule has 0 spiro atoms. The van der Waals surface area contributed by atoms with Crippen LogP contribution in [-0.2, 0) is 10.0 Å². The van der Waals surface area contributed by atoms with E-state index in [0.29, 0.717) is 16.8 Å². The minimum atomic E-state index is -4.35. The lowest BCUT2D eigenvalue weighted by Gasteiger charge is -2.19. The number of nitriles is 1. The van der Waals surface area contributed by atoms with Crippen LogP contribution >= 0.6 is 0 Å². The van der Waals surface area contributed by atoms with E-state index in [-0.39, 0.29) is 22.9 Å². The Bertz CT molecular complexity index is 1390. The second-order valence-electron chi connectivity index (χ2n) is 7.82. The van der Waals surface area contributed by atoms with Crippen molar-refractivity contribution in [1.82, 2.24) is 19.9 Å². The van der Waals surface area contributed by atoms with E-state index in [1.165, 1.54) is 36.7 Å². The monoisotopic (exact) mass is 483 g/mol. The van der Waals surface area contributed by atoms with Crippen molar-refractivity contribution >= 4 is 27.4 Å². The number of halogens is 1. The zero-order valence-electron chi connectivity index (χ0n) is 18.9. The largest absolute Gasteiger partial charge is 0.376 e. The zero-order valence-corrected chi connectivity index (χ0v) is 19.7. The Morgan fingerprint density at radius 3 is 2.59 bits per heavy atom. The Hall–Kier alpha value is -4.11. The number of anilines is 2. The van der Waals surface area contributed by atoms with Crippen molar-refractivity contribution in [3.63, 3.8) is 0 Å². The fourth-order valence-corrected chi connectivity index (χ4v) is 3.97. The van der Waals surface area contributed by atoms with E-state index in [9.17, 15) is 17.6 Å². The number of aromatic nitrogens is 3. The number of nitrogens with zero attached hydrogens (tertiary/aromatic N) is 5. The highest BCUT2D eigenvalue weighted by molar-refractivity contribution is 7.90. The van der Waals surface area contributed by atoms with Gasteiger partial charge in [-0.2, -0.15) is 18.8 Å². The lowest BCUT2D eigenvalue weighted by Crippen LogP contribution is -2.35. The second-order valence-corrected chi connectivity index (χ2v) is 9.45. The number of benzene rings is 1. The average Bonchev–Trinajstić information content (AvgIpc) is 2.79. The van der Waals surface area contributed by atoms with E-state index in [2.05, 4.69) is 20.5 Å². The number of hydrogen-bond donors (Lipinski definition) is 2. The first-order valence-corrected chi connectivity index (χ1v) is 11.5. The number of carbonyl (C=O) groups excluding carboxylic acids is 1. The minimum absolute atomic E-state index is 0.102. The molecule has 0 unspecified atom stereocenters. The summed E-state index contributed by atoms with van der Waals surface area (Å²) in [4.78, 5) is 18.3. The number of amides is 2. The van der Waals surface area contributed by atoms with Crippen molar-refractivity contribution in [1.29, 1.82) is 5.26 Å². The number of carbonyl (C=O) groups is 1. The van der Waals surface area contributed by atoms with Gasteiger partial charge >= 0.3 is 6.03 Å². The molecule has 12 heteroatoms. The summed E-state index contributed by atoms with van der Waals surface area (Å²) in [6.45, 7) is 3.60. The van der Waals surface area contributed by atoms with Crippen LogP contribution in [-0.4, -0.2) is 43.7 Å². The summed E-state index contributed by atoms with van der Waals surface area (Å²) in [7, 11) is -0.950. The maximum Gasteiger partial charge on any atom is 0.333 e. The van der Waals surface area contributed by atoms with Crippen LogP contribution in [0.1, 0.15) is 31.0 Å². The number of nitrogens with one attached hydrogen (secondary N) is 2. The Labute approximate surface area is 196 Å². The average molecular weight is 484 g/mol. The van der Waals surface area contributed by atoms with E-state index in [4.69, 9.17) is 5.26 Å². The molecule has 0 saturated carbocycles. The standard InChI is InChI=1S/C22H22FN7O3S/c1-13(2)18-8-15(23)9-19(14-5-6-25-16(7-14)11-24)21(18)27-22(31)29-34(32,33)20-10-17(30(3)4)12-26-28-20/h5-10,12-13H,1-4H3,(H2,27,29,31). The quantitative estimate of drug-likeness (QED) is 0.544. The van der Waals surface area contributed by atoms with E-state index < -0.39 is 26.9 Å². The maximum absolute atomic E-state index is 14.4. The molecule has 0 bridgehead atoms. The molecule has 176 valence electrons. The first-order valence-electron chi connectivity index (χ1n) is 10.1. The number of urea groups is 1. The van der Waals surface area contributed by atoms with Gasteiger partial charge in [-0.05, 0) is 41.3 Å². The van der Waals surface area contributed by atoms with Gasteiger partial charge in [0.05, 0.1) is 17.6 Å². The van der Waals surface area contributed by atoms with Crippen molar-refractivity contribution in [3.8, 4) is 17.2 Å². The summed E-state index contributed by atoms with van der Waals surface area (Å²) in [6.07, 6.45) is 2.77. The molecule has 0 aliphatic heterocycles. The third-order valence-electron chi connectivity index (χ3n) is 4.82. The molecule has 0 radical (unpaired) electrons. The summed E-state index contributed by atoms with van der Waals surface area (Å²) in [5, 5.41) is 18.5. The van der Waals surface area contributed by atoms with Crippen LogP contribution in [0, 0.1) is 17.1 Å². The summed E-state index contributed by atoms with van der Waals surface area (Å²) in [5.41, 5.74) is 1.91. The van der Waals surface area contributed by atoms with Gasteiger partial charge in [-0.25, -0.2) is 18.9 Å². The fraction of sp³-hybridized carbons (Fsp3) is 0.227. The highest BCUT2D eigenvalue weighted by atomic mass is 32.2. The maximum atomic E-state index is 14.4. The van der Waals surface area contributed by atoms with Gasteiger partial charge in [0.2, 0.25) is 0 Å². The van der Waals surface area contributed by atoms with Gasteiger partial charge in [-0.15, -0.1) is 5.10 Å². The first-order chi connectivity index (χ1) is 16.0. The van der Waals surface area contributed by atoms with Crippen LogP contribution in [0.3, 0.4) is 0 Å². The zero-order chi connectivity index (χ0) is 25.0. The number of rotatable bonds is 6. The van der Waals surface area contributed by atoms with Crippen LogP contribution in [0.5, 0.6) is 0 Å². The smallest absolute Gasteiger partial charge is 0.333 e. The van der Waals surface area contributed by atoms with Crippen molar-refractivity contribution in [2.45, 2.75) is 24.8 Å². The second kappa shape index (κ2) is 9.80. The Morgan fingerprint density at radius 2 is 1.94 bits per heavy atom. The predicted molar refractivity (Wildman–Crippen MR) is 124 cm³/mol. The molecule has 10 nitrogen and oxygen atoms in total. The number of pyridine rings is 1. The highest BCUT2D eigenvalue weighted by Gasteiger charge is 2.23. The number of sulfonamides is 1. The molecule has 0 fully saturated rings. The van der Waals surface area contributed by atoms with Crippen molar-refractivity contribution in [3.05, 3.63) is 59.8 Å². The molecule has 1 aromatic carbocycles. The van der Waals surface area contributed by atoms with Gasteiger partial charge in [0.15, 0.2) is 5.03 Å². The summed E-state index contributed by atoms with van der Waals surface area (Å²) in [6, 6.07) is 7.57. The normalized spacial score (nSPS) is 11.1. The topological polar surface area (TPSA) is 141 Å². The molecular formula is C22H22FN7O3S. The predicted octanol–water partition coefficient (Wildman–Crippen LogP) is 3.25. The molecule has 3 aromatic rings. The van der Waals surface area contributed by atoms with Crippen LogP contribution in [0.15, 0.2) is 47.8 Å². The SMILES string of the molecule is CC(C)c1cc(F)cc(-c2ccnc(C#N)c2)c1NC(=O)NS(=O)(=O)c1cc(N(C)C)cnn1. The van der Waals surface area contributed by atoms with Crippen LogP contribution in [0.25, 0.3) is 11.1 Å². The molecule has 34 heavy (non-hydrogen) atoms. The van der Waals surface area contributed by atoms with Gasteiger partial charge < -0.3 is 10.2 Å². The third-order valence-corrected chi connectivity index (χ3v) is 6.02. The van der Waals surface area contributed by atoms with Gasteiger partial charge in [0.1, 0.15) is 17.6 Å². The molecule has 0 saturated heterocycles. The molecule has 0 aliphatic carbocycles. The van der Waals surface area contributed by atoms with Crippen molar-refractivity contribution < 1.29 is 17.6 Å². The summed E-state index contributed by atoms with van der Waals surface area (Å²) >= 11 is 0. The van der Waals surface area contributed by atoms with Crippen LogP contribution in [0.4, 0.5) is 20.6 Å². The molecule has 0 aliphatic rings. The summed E-state index contributed by atoms with van der Waals surface area (Å²) in [5.74, 6) is -0.773. The molecule has 2 amide bonds. The fourth-order valence-electron chi connectivity index (χ4n) is 3.14. The molecule has 2 heterocycles. The molecule has 3 rings (SSSR count). The van der Waals surface area contributed by atoms with E-state index in [1.54, 1.807) is 38.9 Å². The highest BCUT2D eigenvalue weighted by Crippen LogP contribution is 2.36. The minimum Gasteiger partial charge on any atom is -0.376 e. The molecule has 2 aromatic heterocycles. The van der Waals surface area contributed by atoms with E-state index >= 15 is 0 Å². The van der Waals surface area contributed by atoms with Gasteiger partial charge in [-0.1, -0.05) is 13.8 Å². The first kappa shape index (κ1) is 24.5. The van der Waals surface area contributed by atoms with Crippen molar-refractivity contribution in [2.75, 3.05) is 24.3 Å². The van der Waals surface area contributed by atoms with Crippen LogP contribution in [0.2, 0.25) is 0 Å². The van der Waals surface area contributed by atoms with Gasteiger partial charge in [0, 0.05) is 31.9 Å². The molecular weight excluding hydrogens is 461 g/mol. The van der Waals surface area contributed by atoms with E-state index in [1.807, 2.05) is 10.8 Å². The molecule has 2 N–H and O–H groups in total. The number of hydrogen-bond acceptors (Lipinski definition) is 8. The third kappa shape index (κ3) is 5.44. The Kier molecular flexibility index (Phi) is 7.07. The van der Waals surface area contributed by atoms with E-state index in [0.717, 1.165) is 0 Å². The lowest BCUT2D eigenvalue weighted by molar-refractivity contribution is 0.256. The Morgan fingerprint density at radius 1 is 1.21 bits per heavy atom. The van der Waals surface area contributed by atoms with Crippen LogP contribution < -0.4 is 14.9 Å². The summed E-state index contributed by atoms with van der Waals surface area (Å²) < 4.78 is 41.8. The lowest BCUT2D eigenvalue weighted by atomic mass is 9.94. The molecule has 0 atom stereocenters. The van der Waals surface area contributed by atoms with Gasteiger partial charge in [-0.3, -0.25) is 0 Å². The Balaban J connectivity index is 2.00. The van der Waals surface area contributed by atoms with Crippen molar-refractivity contribution in [2.24, 2.45) is 0 Å².